The van der Waals surface area contributed by atoms with E-state index in [-0.39, 0.29) is 23.8 Å². The summed E-state index contributed by atoms with van der Waals surface area (Å²) >= 11 is 4.64. The average Bonchev–Trinajstić information content (AvgIpc) is 2.79. The van der Waals surface area contributed by atoms with Crippen molar-refractivity contribution in [2.75, 3.05) is 32.8 Å². The number of thiophene rings is 1. The molecule has 0 radical (unpaired) electrons. The van der Waals surface area contributed by atoms with Gasteiger partial charge in [0.15, 0.2) is 0 Å². The lowest BCUT2D eigenvalue weighted by atomic mass is 10.3. The third kappa shape index (κ3) is 4.49. The Morgan fingerprint density at radius 1 is 1.48 bits per heavy atom. The van der Waals surface area contributed by atoms with Crippen LogP contribution in [-0.4, -0.2) is 52.1 Å². The molecule has 1 aromatic heterocycles. The first kappa shape index (κ1) is 16.9. The Morgan fingerprint density at radius 3 is 2.71 bits per heavy atom. The highest BCUT2D eigenvalue weighted by atomic mass is 79.9. The molecule has 0 atom stereocenters. The average molecular weight is 397 g/mol. The minimum absolute atomic E-state index is 0.0516. The fourth-order valence-corrected chi connectivity index (χ4v) is 5.48. The van der Waals surface area contributed by atoms with E-state index in [4.69, 9.17) is 4.74 Å². The highest BCUT2D eigenvalue weighted by Gasteiger charge is 2.21. The van der Waals surface area contributed by atoms with Crippen LogP contribution >= 0.6 is 27.3 Å². The van der Waals surface area contributed by atoms with Crippen LogP contribution in [0.3, 0.4) is 0 Å². The first-order valence-electron chi connectivity index (χ1n) is 6.51. The molecule has 0 spiro atoms. The molecule has 2 rings (SSSR count). The first-order valence-corrected chi connectivity index (χ1v) is 9.60. The number of rotatable bonds is 5. The summed E-state index contributed by atoms with van der Waals surface area (Å²) in [5.74, 6) is -0.0516. The van der Waals surface area contributed by atoms with Crippen molar-refractivity contribution < 1.29 is 17.9 Å². The second-order valence-electron chi connectivity index (χ2n) is 4.61. The predicted molar refractivity (Wildman–Crippen MR) is 84.0 cm³/mol. The van der Waals surface area contributed by atoms with E-state index in [1.807, 2.05) is 0 Å². The molecule has 2 heterocycles. The number of aryl methyl sites for hydroxylation is 1. The van der Waals surface area contributed by atoms with Crippen LogP contribution in [0.4, 0.5) is 0 Å². The number of morpholine rings is 1. The minimum atomic E-state index is -3.56. The Bertz CT molecular complexity index is 609. The molecule has 1 aromatic rings. The third-order valence-corrected chi connectivity index (χ3v) is 6.40. The molecule has 21 heavy (non-hydrogen) atoms. The lowest BCUT2D eigenvalue weighted by Crippen LogP contribution is -2.42. The van der Waals surface area contributed by atoms with Gasteiger partial charge in [-0.15, -0.1) is 11.3 Å². The summed E-state index contributed by atoms with van der Waals surface area (Å²) in [6.45, 7) is 4.08. The van der Waals surface area contributed by atoms with Gasteiger partial charge in [-0.25, -0.2) is 13.1 Å². The number of sulfonamides is 1. The van der Waals surface area contributed by atoms with Crippen molar-refractivity contribution in [3.63, 3.8) is 0 Å². The van der Waals surface area contributed by atoms with Crippen LogP contribution in [0.2, 0.25) is 0 Å². The second kappa shape index (κ2) is 7.19. The number of ether oxygens (including phenoxy) is 1. The van der Waals surface area contributed by atoms with Crippen LogP contribution in [-0.2, 0) is 19.6 Å². The van der Waals surface area contributed by atoms with E-state index in [0.717, 1.165) is 3.79 Å². The van der Waals surface area contributed by atoms with Gasteiger partial charge in [0.1, 0.15) is 0 Å². The minimum Gasteiger partial charge on any atom is -0.378 e. The molecule has 0 aliphatic carbocycles. The van der Waals surface area contributed by atoms with Crippen molar-refractivity contribution >= 4 is 43.2 Å². The summed E-state index contributed by atoms with van der Waals surface area (Å²) in [6, 6.07) is 1.58. The number of nitrogens with one attached hydrogen (secondary N) is 1. The SMILES string of the molecule is Cc1sc(Br)cc1S(=O)(=O)NCCC(=O)N1CCOCC1. The van der Waals surface area contributed by atoms with E-state index in [9.17, 15) is 13.2 Å². The monoisotopic (exact) mass is 396 g/mol. The largest absolute Gasteiger partial charge is 0.378 e. The van der Waals surface area contributed by atoms with E-state index < -0.39 is 10.0 Å². The van der Waals surface area contributed by atoms with E-state index in [1.165, 1.54) is 11.3 Å². The highest BCUT2D eigenvalue weighted by Crippen LogP contribution is 2.29. The fourth-order valence-electron chi connectivity index (χ4n) is 2.04. The number of amides is 1. The van der Waals surface area contributed by atoms with Crippen molar-refractivity contribution in [2.24, 2.45) is 0 Å². The summed E-state index contributed by atoms with van der Waals surface area (Å²) in [7, 11) is -3.56. The molecule has 0 saturated carbocycles. The van der Waals surface area contributed by atoms with E-state index >= 15 is 0 Å². The van der Waals surface area contributed by atoms with Gasteiger partial charge in [0, 0.05) is 30.9 Å². The number of carbonyl (C=O) groups is 1. The van der Waals surface area contributed by atoms with Gasteiger partial charge in [-0.2, -0.15) is 0 Å². The Morgan fingerprint density at radius 2 is 2.14 bits per heavy atom. The van der Waals surface area contributed by atoms with E-state index in [1.54, 1.807) is 17.9 Å². The van der Waals surface area contributed by atoms with Gasteiger partial charge >= 0.3 is 0 Å². The number of halogens is 1. The number of hydrogen-bond acceptors (Lipinski definition) is 5. The smallest absolute Gasteiger partial charge is 0.241 e. The Labute approximate surface area is 136 Å². The van der Waals surface area contributed by atoms with Gasteiger partial charge in [-0.1, -0.05) is 0 Å². The highest BCUT2D eigenvalue weighted by molar-refractivity contribution is 9.11. The van der Waals surface area contributed by atoms with Gasteiger partial charge in [-0.3, -0.25) is 4.79 Å². The third-order valence-electron chi connectivity index (χ3n) is 3.13. The van der Waals surface area contributed by atoms with Crippen LogP contribution < -0.4 is 4.72 Å². The number of carbonyl (C=O) groups excluding carboxylic acids is 1. The first-order chi connectivity index (χ1) is 9.90. The maximum atomic E-state index is 12.2. The summed E-state index contributed by atoms with van der Waals surface area (Å²) < 4.78 is 32.7. The Balaban J connectivity index is 1.87. The molecule has 0 bridgehead atoms. The summed E-state index contributed by atoms with van der Waals surface area (Å²) in [5, 5.41) is 0. The van der Waals surface area contributed by atoms with Crippen molar-refractivity contribution in [3.05, 3.63) is 14.7 Å². The van der Waals surface area contributed by atoms with Crippen LogP contribution in [0.1, 0.15) is 11.3 Å². The second-order valence-corrected chi connectivity index (χ2v) is 8.98. The van der Waals surface area contributed by atoms with Gasteiger partial charge < -0.3 is 9.64 Å². The molecule has 1 amide bonds. The maximum absolute atomic E-state index is 12.2. The maximum Gasteiger partial charge on any atom is 0.241 e. The predicted octanol–water partition coefficient (Wildman–Crippen LogP) is 1.35. The van der Waals surface area contributed by atoms with Crippen LogP contribution in [0, 0.1) is 6.92 Å². The zero-order valence-electron chi connectivity index (χ0n) is 11.6. The summed E-state index contributed by atoms with van der Waals surface area (Å²) in [4.78, 5) is 14.6. The topological polar surface area (TPSA) is 75.7 Å². The van der Waals surface area contributed by atoms with Crippen LogP contribution in [0.15, 0.2) is 14.7 Å². The lowest BCUT2D eigenvalue weighted by molar-refractivity contribution is -0.135. The molecular weight excluding hydrogens is 380 g/mol. The van der Waals surface area contributed by atoms with E-state index in [2.05, 4.69) is 20.7 Å². The Kier molecular flexibility index (Phi) is 5.78. The molecule has 1 fully saturated rings. The number of hydrogen-bond donors (Lipinski definition) is 1. The normalized spacial score (nSPS) is 16.2. The van der Waals surface area contributed by atoms with Gasteiger partial charge in [0.05, 0.1) is 21.9 Å². The van der Waals surface area contributed by atoms with Crippen molar-refractivity contribution in [2.45, 2.75) is 18.2 Å². The molecule has 0 unspecified atom stereocenters. The number of nitrogens with zero attached hydrogens (tertiary/aromatic N) is 1. The van der Waals surface area contributed by atoms with Crippen LogP contribution in [0.25, 0.3) is 0 Å². The quantitative estimate of drug-likeness (QED) is 0.814. The zero-order valence-corrected chi connectivity index (χ0v) is 14.8. The molecule has 1 aliphatic rings. The molecule has 9 heteroatoms. The molecule has 6 nitrogen and oxygen atoms in total. The molecule has 118 valence electrons. The lowest BCUT2D eigenvalue weighted by Gasteiger charge is -2.26. The molecule has 1 saturated heterocycles. The Hall–Kier alpha value is -0.480. The van der Waals surface area contributed by atoms with Crippen molar-refractivity contribution in [3.8, 4) is 0 Å². The molecular formula is C12H17BrN2O4S2. The summed E-state index contributed by atoms with van der Waals surface area (Å²) in [6.07, 6.45) is 0.156. The van der Waals surface area contributed by atoms with E-state index in [0.29, 0.717) is 31.2 Å². The molecule has 1 N–H and O–H groups in total. The molecule has 1 aliphatic heterocycles. The van der Waals surface area contributed by atoms with Gasteiger partial charge in [0.2, 0.25) is 15.9 Å². The summed E-state index contributed by atoms with van der Waals surface area (Å²) in [5.41, 5.74) is 0. The van der Waals surface area contributed by atoms with Crippen molar-refractivity contribution in [1.29, 1.82) is 0 Å². The fraction of sp³-hybridized carbons (Fsp3) is 0.583. The standard InChI is InChI=1S/C12H17BrN2O4S2/c1-9-10(8-11(13)20-9)21(17,18)14-3-2-12(16)15-4-6-19-7-5-15/h8,14H,2-7H2,1H3. The van der Waals surface area contributed by atoms with Gasteiger partial charge in [-0.05, 0) is 28.9 Å². The molecule has 0 aromatic carbocycles. The van der Waals surface area contributed by atoms with Gasteiger partial charge in [0.25, 0.3) is 0 Å². The zero-order chi connectivity index (χ0) is 15.5. The van der Waals surface area contributed by atoms with Crippen LogP contribution in [0.5, 0.6) is 0 Å². The van der Waals surface area contributed by atoms with Crippen molar-refractivity contribution in [1.82, 2.24) is 9.62 Å².